The van der Waals surface area contributed by atoms with Crippen molar-refractivity contribution < 1.29 is 0 Å². The van der Waals surface area contributed by atoms with E-state index in [0.717, 1.165) is 31.6 Å². The monoisotopic (exact) mass is 252 g/mol. The molecule has 1 aromatic rings. The van der Waals surface area contributed by atoms with Crippen LogP contribution >= 0.6 is 11.3 Å². The molecule has 0 atom stereocenters. The van der Waals surface area contributed by atoms with Gasteiger partial charge in [-0.1, -0.05) is 13.8 Å². The molecule has 2 rings (SSSR count). The summed E-state index contributed by atoms with van der Waals surface area (Å²) in [5.41, 5.74) is 1.48. The van der Waals surface area contributed by atoms with Crippen molar-refractivity contribution in [3.63, 3.8) is 0 Å². The highest BCUT2D eigenvalue weighted by Gasteiger charge is 2.28. The lowest BCUT2D eigenvalue weighted by Gasteiger charge is -2.22. The Labute approximate surface area is 109 Å². The lowest BCUT2D eigenvalue weighted by Crippen LogP contribution is -2.34. The number of thiophene rings is 1. The molecule has 0 amide bonds. The van der Waals surface area contributed by atoms with Crippen molar-refractivity contribution in [3.8, 4) is 0 Å². The highest BCUT2D eigenvalue weighted by Crippen LogP contribution is 2.28. The number of hydrogen-bond acceptors (Lipinski definition) is 3. The van der Waals surface area contributed by atoms with Gasteiger partial charge >= 0.3 is 0 Å². The molecule has 1 heterocycles. The second kappa shape index (κ2) is 6.53. The van der Waals surface area contributed by atoms with Crippen molar-refractivity contribution in [2.75, 3.05) is 19.6 Å². The van der Waals surface area contributed by atoms with Crippen LogP contribution < -0.4 is 5.32 Å². The van der Waals surface area contributed by atoms with Crippen molar-refractivity contribution >= 4 is 11.3 Å². The molecule has 96 valence electrons. The van der Waals surface area contributed by atoms with E-state index in [2.05, 4.69) is 40.9 Å². The molecule has 0 radical (unpaired) electrons. The molecular weight excluding hydrogens is 228 g/mol. The standard InChI is InChI=1S/C14H24N2S/c1-12(2)9-15-6-7-16(14-3-4-14)10-13-5-8-17-11-13/h5,8,11-12,14-15H,3-4,6-7,9-10H2,1-2H3. The fraction of sp³-hybridized carbons (Fsp3) is 0.714. The van der Waals surface area contributed by atoms with Crippen molar-refractivity contribution in [3.05, 3.63) is 22.4 Å². The molecule has 0 spiro atoms. The lowest BCUT2D eigenvalue weighted by atomic mass is 10.2. The van der Waals surface area contributed by atoms with Crippen LogP contribution in [0.5, 0.6) is 0 Å². The van der Waals surface area contributed by atoms with Crippen LogP contribution in [0.25, 0.3) is 0 Å². The van der Waals surface area contributed by atoms with Gasteiger partial charge in [-0.05, 0) is 47.7 Å². The van der Waals surface area contributed by atoms with E-state index in [1.807, 2.05) is 0 Å². The second-order valence-electron chi connectivity index (χ2n) is 5.43. The van der Waals surface area contributed by atoms with E-state index in [1.165, 1.54) is 24.9 Å². The van der Waals surface area contributed by atoms with Crippen LogP contribution in [0.1, 0.15) is 32.3 Å². The van der Waals surface area contributed by atoms with Gasteiger partial charge in [0.25, 0.3) is 0 Å². The topological polar surface area (TPSA) is 15.3 Å². The Morgan fingerprint density at radius 1 is 1.47 bits per heavy atom. The Morgan fingerprint density at radius 3 is 2.88 bits per heavy atom. The van der Waals surface area contributed by atoms with Crippen LogP contribution in [0, 0.1) is 5.92 Å². The van der Waals surface area contributed by atoms with Crippen LogP contribution in [-0.4, -0.2) is 30.6 Å². The molecular formula is C14H24N2S. The molecule has 1 aliphatic carbocycles. The van der Waals surface area contributed by atoms with Crippen LogP contribution in [0.3, 0.4) is 0 Å². The van der Waals surface area contributed by atoms with Gasteiger partial charge in [-0.2, -0.15) is 11.3 Å². The molecule has 0 aliphatic heterocycles. The van der Waals surface area contributed by atoms with Gasteiger partial charge < -0.3 is 5.32 Å². The van der Waals surface area contributed by atoms with Crippen molar-refractivity contribution in [2.24, 2.45) is 5.92 Å². The van der Waals surface area contributed by atoms with Crippen molar-refractivity contribution in [1.82, 2.24) is 10.2 Å². The smallest absolute Gasteiger partial charge is 0.0245 e. The zero-order valence-electron chi connectivity index (χ0n) is 11.0. The summed E-state index contributed by atoms with van der Waals surface area (Å²) in [5, 5.41) is 7.99. The lowest BCUT2D eigenvalue weighted by molar-refractivity contribution is 0.253. The van der Waals surface area contributed by atoms with Gasteiger partial charge in [-0.15, -0.1) is 0 Å². The van der Waals surface area contributed by atoms with Crippen LogP contribution in [0.4, 0.5) is 0 Å². The zero-order chi connectivity index (χ0) is 12.1. The van der Waals surface area contributed by atoms with E-state index in [-0.39, 0.29) is 0 Å². The first-order chi connectivity index (χ1) is 8.25. The maximum absolute atomic E-state index is 3.54. The zero-order valence-corrected chi connectivity index (χ0v) is 11.8. The number of rotatable bonds is 8. The minimum absolute atomic E-state index is 0.751. The first kappa shape index (κ1) is 13.1. The average molecular weight is 252 g/mol. The molecule has 0 saturated heterocycles. The van der Waals surface area contributed by atoms with Gasteiger partial charge in [0.15, 0.2) is 0 Å². The van der Waals surface area contributed by atoms with Gasteiger partial charge in [0.05, 0.1) is 0 Å². The molecule has 1 N–H and O–H groups in total. The summed E-state index contributed by atoms with van der Waals surface area (Å²) in [5.74, 6) is 0.751. The Bertz CT molecular complexity index is 304. The number of nitrogens with zero attached hydrogens (tertiary/aromatic N) is 1. The molecule has 2 nitrogen and oxygen atoms in total. The Balaban J connectivity index is 1.70. The highest BCUT2D eigenvalue weighted by atomic mass is 32.1. The largest absolute Gasteiger partial charge is 0.315 e. The van der Waals surface area contributed by atoms with Gasteiger partial charge in [0, 0.05) is 25.7 Å². The maximum atomic E-state index is 3.54. The Kier molecular flexibility index (Phi) is 5.01. The Hall–Kier alpha value is -0.380. The van der Waals surface area contributed by atoms with Gasteiger partial charge in [-0.25, -0.2) is 0 Å². The van der Waals surface area contributed by atoms with E-state index in [1.54, 1.807) is 11.3 Å². The van der Waals surface area contributed by atoms with Gasteiger partial charge in [0.1, 0.15) is 0 Å². The first-order valence-corrected chi connectivity index (χ1v) is 7.66. The minimum Gasteiger partial charge on any atom is -0.315 e. The predicted molar refractivity (Wildman–Crippen MR) is 75.5 cm³/mol. The van der Waals surface area contributed by atoms with Gasteiger partial charge in [0.2, 0.25) is 0 Å². The number of nitrogens with one attached hydrogen (secondary N) is 1. The van der Waals surface area contributed by atoms with Crippen LogP contribution in [0.2, 0.25) is 0 Å². The van der Waals surface area contributed by atoms with E-state index in [9.17, 15) is 0 Å². The summed E-state index contributed by atoms with van der Waals surface area (Å²) in [6, 6.07) is 3.11. The number of hydrogen-bond donors (Lipinski definition) is 1. The van der Waals surface area contributed by atoms with Crippen molar-refractivity contribution in [2.45, 2.75) is 39.3 Å². The third-order valence-corrected chi connectivity index (χ3v) is 3.89. The summed E-state index contributed by atoms with van der Waals surface area (Å²) in [4.78, 5) is 2.63. The van der Waals surface area contributed by atoms with Gasteiger partial charge in [-0.3, -0.25) is 4.90 Å². The minimum atomic E-state index is 0.751. The normalized spacial score (nSPS) is 16.0. The van der Waals surface area contributed by atoms with Crippen LogP contribution in [-0.2, 0) is 6.54 Å². The first-order valence-electron chi connectivity index (χ1n) is 6.71. The summed E-state index contributed by atoms with van der Waals surface area (Å²) in [6.07, 6.45) is 2.79. The summed E-state index contributed by atoms with van der Waals surface area (Å²) < 4.78 is 0. The van der Waals surface area contributed by atoms with E-state index >= 15 is 0 Å². The van der Waals surface area contributed by atoms with E-state index in [0.29, 0.717) is 0 Å². The molecule has 1 aromatic heterocycles. The second-order valence-corrected chi connectivity index (χ2v) is 6.21. The molecule has 3 heteroatoms. The highest BCUT2D eigenvalue weighted by molar-refractivity contribution is 7.07. The molecule has 0 aromatic carbocycles. The summed E-state index contributed by atoms with van der Waals surface area (Å²) in [7, 11) is 0. The molecule has 0 unspecified atom stereocenters. The molecule has 1 aliphatic rings. The Morgan fingerprint density at radius 2 is 2.29 bits per heavy atom. The van der Waals surface area contributed by atoms with Crippen LogP contribution in [0.15, 0.2) is 16.8 Å². The van der Waals surface area contributed by atoms with E-state index in [4.69, 9.17) is 0 Å². The SMILES string of the molecule is CC(C)CNCCN(Cc1ccsc1)C1CC1. The molecule has 0 bridgehead atoms. The third kappa shape index (κ3) is 4.78. The summed E-state index contributed by atoms with van der Waals surface area (Å²) >= 11 is 1.80. The third-order valence-electron chi connectivity index (χ3n) is 3.16. The molecule has 1 fully saturated rings. The fourth-order valence-electron chi connectivity index (χ4n) is 2.06. The molecule has 1 saturated carbocycles. The predicted octanol–water partition coefficient (Wildman–Crippen LogP) is 2.96. The maximum Gasteiger partial charge on any atom is 0.0245 e. The average Bonchev–Trinajstić information content (AvgIpc) is 3.01. The van der Waals surface area contributed by atoms with Crippen molar-refractivity contribution in [1.29, 1.82) is 0 Å². The summed E-state index contributed by atoms with van der Waals surface area (Å²) in [6.45, 7) is 9.11. The molecule has 17 heavy (non-hydrogen) atoms. The fourth-order valence-corrected chi connectivity index (χ4v) is 2.72. The van der Waals surface area contributed by atoms with E-state index < -0.39 is 0 Å². The quantitative estimate of drug-likeness (QED) is 0.716.